The predicted octanol–water partition coefficient (Wildman–Crippen LogP) is 3.16. The average Bonchev–Trinajstić information content (AvgIpc) is 3.03. The first-order valence-electron chi connectivity index (χ1n) is 8.11. The van der Waals surface area contributed by atoms with E-state index < -0.39 is 0 Å². The first-order valence-corrected chi connectivity index (χ1v) is 8.93. The number of fused-ring (bicyclic) bond motifs is 2. The van der Waals surface area contributed by atoms with E-state index in [0.29, 0.717) is 29.6 Å². The lowest BCUT2D eigenvalue weighted by atomic mass is 9.89. The van der Waals surface area contributed by atoms with Crippen LogP contribution in [0.4, 0.5) is 5.13 Å². The molecule has 3 heterocycles. The van der Waals surface area contributed by atoms with Crippen LogP contribution in [0.15, 0.2) is 0 Å². The highest BCUT2D eigenvalue weighted by molar-refractivity contribution is 7.15. The number of hydrogen-bond acceptors (Lipinski definition) is 5. The third-order valence-corrected chi connectivity index (χ3v) is 5.40. The van der Waals surface area contributed by atoms with Crippen molar-refractivity contribution in [2.75, 3.05) is 5.32 Å². The van der Waals surface area contributed by atoms with Gasteiger partial charge in [-0.15, -0.1) is 22.6 Å². The van der Waals surface area contributed by atoms with Crippen LogP contribution in [0.25, 0.3) is 0 Å². The lowest BCUT2D eigenvalue weighted by molar-refractivity contribution is -0.117. The highest BCUT2D eigenvalue weighted by atomic mass is 35.5. The summed E-state index contributed by atoms with van der Waals surface area (Å²) in [5, 5.41) is 16.4. The molecule has 1 amide bonds. The van der Waals surface area contributed by atoms with Gasteiger partial charge >= 0.3 is 0 Å². The number of carbonyl (C=O) groups is 1. The maximum absolute atomic E-state index is 12.1. The van der Waals surface area contributed by atoms with Gasteiger partial charge < -0.3 is 10.6 Å². The summed E-state index contributed by atoms with van der Waals surface area (Å²) in [5.41, 5.74) is 0. The summed E-state index contributed by atoms with van der Waals surface area (Å²) in [6, 6.07) is 1.28. The average molecular weight is 345 g/mol. The minimum Gasteiger partial charge on any atom is -0.311 e. The molecule has 2 aliphatic heterocycles. The molecular formula is C15H25ClN4OS. The Morgan fingerprint density at radius 1 is 1.32 bits per heavy atom. The monoisotopic (exact) mass is 344 g/mol. The molecule has 2 bridgehead atoms. The summed E-state index contributed by atoms with van der Waals surface area (Å²) >= 11 is 1.51. The molecule has 2 unspecified atom stereocenters. The minimum absolute atomic E-state index is 0. The zero-order valence-electron chi connectivity index (χ0n) is 13.0. The van der Waals surface area contributed by atoms with Gasteiger partial charge in [0.2, 0.25) is 11.0 Å². The van der Waals surface area contributed by atoms with E-state index in [1.54, 1.807) is 0 Å². The van der Waals surface area contributed by atoms with Crippen LogP contribution in [-0.2, 0) is 11.2 Å². The predicted molar refractivity (Wildman–Crippen MR) is 91.7 cm³/mol. The van der Waals surface area contributed by atoms with Gasteiger partial charge in [0.1, 0.15) is 5.01 Å². The zero-order valence-corrected chi connectivity index (χ0v) is 14.6. The Kier molecular flexibility index (Phi) is 6.59. The Bertz CT molecular complexity index is 484. The molecule has 22 heavy (non-hydrogen) atoms. The molecule has 0 saturated carbocycles. The summed E-state index contributed by atoms with van der Waals surface area (Å²) < 4.78 is 0. The summed E-state index contributed by atoms with van der Waals surface area (Å²) in [7, 11) is 0. The Labute approximate surface area is 142 Å². The molecular weight excluding hydrogens is 320 g/mol. The molecule has 2 atom stereocenters. The number of rotatable bonds is 6. The van der Waals surface area contributed by atoms with Crippen LogP contribution in [-0.4, -0.2) is 28.2 Å². The third-order valence-electron chi connectivity index (χ3n) is 4.50. The molecule has 2 aliphatic rings. The van der Waals surface area contributed by atoms with Gasteiger partial charge in [0, 0.05) is 24.9 Å². The molecule has 3 rings (SSSR count). The van der Waals surface area contributed by atoms with Crippen molar-refractivity contribution in [2.24, 2.45) is 5.92 Å². The molecule has 2 saturated heterocycles. The first kappa shape index (κ1) is 17.6. The van der Waals surface area contributed by atoms with Gasteiger partial charge in [-0.25, -0.2) is 0 Å². The first-order chi connectivity index (χ1) is 10.2. The number of halogens is 1. The van der Waals surface area contributed by atoms with Crippen LogP contribution < -0.4 is 10.6 Å². The normalized spacial score (nSPS) is 26.5. The summed E-state index contributed by atoms with van der Waals surface area (Å²) in [4.78, 5) is 12.1. The van der Waals surface area contributed by atoms with E-state index in [4.69, 9.17) is 0 Å². The standard InChI is InChI=1S/C15H24N4OS.ClH/c1-2-3-4-14-18-19-15(21-14)17-13(20)9-10-7-11-5-6-12(8-10)16-11;/h10-12,16H,2-9H2,1H3,(H,17,19,20);1H. The van der Waals surface area contributed by atoms with E-state index in [0.717, 1.165) is 37.1 Å². The number of nitrogens with zero attached hydrogens (tertiary/aromatic N) is 2. The van der Waals surface area contributed by atoms with E-state index in [1.807, 2.05) is 0 Å². The third kappa shape index (κ3) is 4.64. The van der Waals surface area contributed by atoms with Crippen LogP contribution in [0.2, 0.25) is 0 Å². The number of nitrogens with one attached hydrogen (secondary N) is 2. The van der Waals surface area contributed by atoms with E-state index in [9.17, 15) is 4.79 Å². The minimum atomic E-state index is 0. The van der Waals surface area contributed by atoms with Crippen molar-refractivity contribution in [3.05, 3.63) is 5.01 Å². The van der Waals surface area contributed by atoms with Crippen molar-refractivity contribution in [2.45, 2.75) is 70.4 Å². The Balaban J connectivity index is 0.00000176. The highest BCUT2D eigenvalue weighted by Gasteiger charge is 2.34. The largest absolute Gasteiger partial charge is 0.311 e. The number of hydrogen-bond donors (Lipinski definition) is 2. The number of carbonyl (C=O) groups excluding carboxylic acids is 1. The summed E-state index contributed by atoms with van der Waals surface area (Å²) in [5.74, 6) is 0.621. The summed E-state index contributed by atoms with van der Waals surface area (Å²) in [6.07, 6.45) is 8.70. The van der Waals surface area contributed by atoms with Gasteiger partial charge in [0.15, 0.2) is 0 Å². The maximum atomic E-state index is 12.1. The van der Waals surface area contributed by atoms with Crippen molar-refractivity contribution in [1.82, 2.24) is 15.5 Å². The Hall–Kier alpha value is -0.720. The number of aryl methyl sites for hydroxylation is 1. The van der Waals surface area contributed by atoms with Crippen molar-refractivity contribution in [1.29, 1.82) is 0 Å². The van der Waals surface area contributed by atoms with E-state index in [1.165, 1.54) is 24.2 Å². The molecule has 124 valence electrons. The fraction of sp³-hybridized carbons (Fsp3) is 0.800. The second-order valence-electron chi connectivity index (χ2n) is 6.33. The van der Waals surface area contributed by atoms with Crippen molar-refractivity contribution in [3.63, 3.8) is 0 Å². The van der Waals surface area contributed by atoms with E-state index in [2.05, 4.69) is 27.8 Å². The number of aromatic nitrogens is 2. The molecule has 7 heteroatoms. The van der Waals surface area contributed by atoms with E-state index in [-0.39, 0.29) is 18.3 Å². The maximum Gasteiger partial charge on any atom is 0.226 e. The molecule has 0 aromatic carbocycles. The van der Waals surface area contributed by atoms with Crippen molar-refractivity contribution >= 4 is 34.8 Å². The number of amides is 1. The van der Waals surface area contributed by atoms with Crippen LogP contribution in [0.3, 0.4) is 0 Å². The molecule has 2 fully saturated rings. The number of anilines is 1. The smallest absolute Gasteiger partial charge is 0.226 e. The topological polar surface area (TPSA) is 66.9 Å². The number of piperidine rings is 1. The lowest BCUT2D eigenvalue weighted by Gasteiger charge is -2.28. The van der Waals surface area contributed by atoms with Gasteiger partial charge in [-0.05, 0) is 38.0 Å². The molecule has 1 aromatic rings. The molecule has 2 N–H and O–H groups in total. The van der Waals surface area contributed by atoms with Crippen LogP contribution in [0, 0.1) is 5.92 Å². The Morgan fingerprint density at radius 3 is 2.73 bits per heavy atom. The second-order valence-corrected chi connectivity index (χ2v) is 7.39. The quantitative estimate of drug-likeness (QED) is 0.831. The number of unbranched alkanes of at least 4 members (excludes halogenated alkanes) is 1. The molecule has 1 aromatic heterocycles. The fourth-order valence-electron chi connectivity index (χ4n) is 3.51. The van der Waals surface area contributed by atoms with Crippen LogP contribution >= 0.6 is 23.7 Å². The van der Waals surface area contributed by atoms with Gasteiger partial charge in [-0.3, -0.25) is 4.79 Å². The molecule has 5 nitrogen and oxygen atoms in total. The highest BCUT2D eigenvalue weighted by Crippen LogP contribution is 2.32. The zero-order chi connectivity index (χ0) is 14.7. The second kappa shape index (κ2) is 8.22. The SMILES string of the molecule is CCCCc1nnc(NC(=O)CC2CC3CCC(C2)N3)s1.Cl. The van der Waals surface area contributed by atoms with Gasteiger partial charge in [-0.2, -0.15) is 0 Å². The Morgan fingerprint density at radius 2 is 2.05 bits per heavy atom. The van der Waals surface area contributed by atoms with Gasteiger partial charge in [0.25, 0.3) is 0 Å². The lowest BCUT2D eigenvalue weighted by Crippen LogP contribution is -2.39. The van der Waals surface area contributed by atoms with E-state index >= 15 is 0 Å². The van der Waals surface area contributed by atoms with Crippen LogP contribution in [0.5, 0.6) is 0 Å². The molecule has 0 aliphatic carbocycles. The van der Waals surface area contributed by atoms with Gasteiger partial charge in [0.05, 0.1) is 0 Å². The van der Waals surface area contributed by atoms with Crippen LogP contribution in [0.1, 0.15) is 56.9 Å². The summed E-state index contributed by atoms with van der Waals surface area (Å²) in [6.45, 7) is 2.16. The van der Waals surface area contributed by atoms with Gasteiger partial charge in [-0.1, -0.05) is 24.7 Å². The fourth-order valence-corrected chi connectivity index (χ4v) is 4.31. The van der Waals surface area contributed by atoms with Crippen molar-refractivity contribution in [3.8, 4) is 0 Å². The molecule has 0 radical (unpaired) electrons. The van der Waals surface area contributed by atoms with Crippen molar-refractivity contribution < 1.29 is 4.79 Å². The molecule has 0 spiro atoms.